The quantitative estimate of drug-likeness (QED) is 0.556. The number of carbonyl (C=O) groups is 1. The SMILES string of the molecule is C=NCCn1c(C(C)(C)C)cc2cc(NC(=O)C3(c4ccc5c(c4)OCO5)CC3)ccc21. The summed E-state index contributed by atoms with van der Waals surface area (Å²) < 4.78 is 13.2. The van der Waals surface area contributed by atoms with Crippen molar-refractivity contribution in [3.05, 3.63) is 53.7 Å². The van der Waals surface area contributed by atoms with Gasteiger partial charge in [-0.1, -0.05) is 26.8 Å². The van der Waals surface area contributed by atoms with Crippen LogP contribution < -0.4 is 14.8 Å². The average molecular weight is 432 g/mol. The molecule has 32 heavy (non-hydrogen) atoms. The van der Waals surface area contributed by atoms with E-state index in [2.05, 4.69) is 60.6 Å². The molecule has 1 aromatic heterocycles. The molecule has 0 radical (unpaired) electrons. The van der Waals surface area contributed by atoms with Crippen LogP contribution in [0.5, 0.6) is 11.5 Å². The highest BCUT2D eigenvalue weighted by molar-refractivity contribution is 6.02. The van der Waals surface area contributed by atoms with Gasteiger partial charge >= 0.3 is 0 Å². The lowest BCUT2D eigenvalue weighted by molar-refractivity contribution is -0.118. The van der Waals surface area contributed by atoms with Gasteiger partial charge in [-0.15, -0.1) is 0 Å². The van der Waals surface area contributed by atoms with Crippen LogP contribution in [0.1, 0.15) is 44.9 Å². The topological polar surface area (TPSA) is 64.9 Å². The number of aliphatic imine (C=N–C) groups is 1. The minimum atomic E-state index is -0.492. The molecule has 2 aromatic carbocycles. The normalized spacial score (nSPS) is 16.2. The van der Waals surface area contributed by atoms with Crippen molar-refractivity contribution in [1.29, 1.82) is 0 Å². The Kier molecular flexibility index (Phi) is 4.77. The first-order valence-corrected chi connectivity index (χ1v) is 11.1. The lowest BCUT2D eigenvalue weighted by Gasteiger charge is -2.21. The van der Waals surface area contributed by atoms with Crippen LogP contribution in [0.3, 0.4) is 0 Å². The van der Waals surface area contributed by atoms with E-state index >= 15 is 0 Å². The molecule has 1 saturated carbocycles. The van der Waals surface area contributed by atoms with Gasteiger partial charge in [0.25, 0.3) is 0 Å². The maximum Gasteiger partial charge on any atom is 0.235 e. The van der Waals surface area contributed by atoms with E-state index in [9.17, 15) is 4.79 Å². The maximum atomic E-state index is 13.3. The van der Waals surface area contributed by atoms with Gasteiger partial charge in [0, 0.05) is 34.2 Å². The van der Waals surface area contributed by atoms with Gasteiger partial charge in [0.05, 0.1) is 12.0 Å². The van der Waals surface area contributed by atoms with Gasteiger partial charge in [-0.3, -0.25) is 9.79 Å². The van der Waals surface area contributed by atoms with Crippen molar-refractivity contribution in [2.24, 2.45) is 4.99 Å². The first kappa shape index (κ1) is 20.6. The number of aromatic nitrogens is 1. The van der Waals surface area contributed by atoms with Crippen molar-refractivity contribution in [2.45, 2.75) is 51.0 Å². The van der Waals surface area contributed by atoms with Crippen LogP contribution in [0.4, 0.5) is 5.69 Å². The fourth-order valence-electron chi connectivity index (χ4n) is 4.60. The summed E-state index contributed by atoms with van der Waals surface area (Å²) in [6, 6.07) is 14.2. The molecule has 166 valence electrons. The molecule has 1 N–H and O–H groups in total. The molecule has 5 rings (SSSR count). The Hall–Kier alpha value is -3.28. The number of nitrogens with one attached hydrogen (secondary N) is 1. The fourth-order valence-corrected chi connectivity index (χ4v) is 4.60. The summed E-state index contributed by atoms with van der Waals surface area (Å²) in [6.45, 7) is 12.0. The van der Waals surface area contributed by atoms with Crippen LogP contribution in [0.25, 0.3) is 10.9 Å². The molecule has 0 spiro atoms. The molecular weight excluding hydrogens is 402 g/mol. The zero-order chi connectivity index (χ0) is 22.5. The molecule has 0 unspecified atom stereocenters. The minimum Gasteiger partial charge on any atom is -0.454 e. The van der Waals surface area contributed by atoms with E-state index in [4.69, 9.17) is 9.47 Å². The molecular formula is C26H29N3O3. The van der Waals surface area contributed by atoms with Gasteiger partial charge < -0.3 is 19.4 Å². The summed E-state index contributed by atoms with van der Waals surface area (Å²) in [5.74, 6) is 1.48. The molecule has 2 aliphatic rings. The Balaban J connectivity index is 1.43. The summed E-state index contributed by atoms with van der Waals surface area (Å²) in [5, 5.41) is 4.28. The summed E-state index contributed by atoms with van der Waals surface area (Å²) in [5.41, 5.74) is 3.70. The van der Waals surface area contributed by atoms with Crippen molar-refractivity contribution in [3.63, 3.8) is 0 Å². The van der Waals surface area contributed by atoms with Gasteiger partial charge in [0.2, 0.25) is 12.7 Å². The van der Waals surface area contributed by atoms with Crippen LogP contribution >= 0.6 is 0 Å². The number of hydrogen-bond acceptors (Lipinski definition) is 4. The van der Waals surface area contributed by atoms with Crippen LogP contribution in [-0.2, 0) is 22.2 Å². The number of benzene rings is 2. The molecule has 1 amide bonds. The molecule has 1 aliphatic heterocycles. The van der Waals surface area contributed by atoms with Crippen molar-refractivity contribution in [2.75, 3.05) is 18.7 Å². The standard InChI is InChI=1S/C26H29N3O3/c1-25(2,3)23-14-17-13-19(6-7-20(17)29(23)12-11-27-4)28-24(30)26(9-10-26)18-5-8-21-22(15-18)32-16-31-21/h5-8,13-15H,4,9-12,16H2,1-3H3,(H,28,30). The first-order chi connectivity index (χ1) is 15.3. The molecule has 1 fully saturated rings. The fraction of sp³-hybridized carbons (Fsp3) is 0.385. The van der Waals surface area contributed by atoms with Crippen molar-refractivity contribution in [3.8, 4) is 11.5 Å². The third-order valence-electron chi connectivity index (χ3n) is 6.52. The Morgan fingerprint density at radius 1 is 1.12 bits per heavy atom. The molecule has 0 atom stereocenters. The van der Waals surface area contributed by atoms with E-state index < -0.39 is 5.41 Å². The number of nitrogens with zero attached hydrogens (tertiary/aromatic N) is 2. The number of rotatable bonds is 6. The number of carbonyl (C=O) groups excluding carboxylic acids is 1. The third kappa shape index (κ3) is 3.44. The monoisotopic (exact) mass is 431 g/mol. The second kappa shape index (κ2) is 7.40. The van der Waals surface area contributed by atoms with Crippen molar-refractivity contribution >= 4 is 29.2 Å². The predicted molar refractivity (Wildman–Crippen MR) is 127 cm³/mol. The molecule has 2 heterocycles. The van der Waals surface area contributed by atoms with Gasteiger partial charge in [-0.05, 0) is 61.5 Å². The zero-order valence-corrected chi connectivity index (χ0v) is 18.9. The highest BCUT2D eigenvalue weighted by atomic mass is 16.7. The van der Waals surface area contributed by atoms with Crippen LogP contribution in [-0.4, -0.2) is 30.5 Å². The van der Waals surface area contributed by atoms with Gasteiger partial charge in [0.15, 0.2) is 11.5 Å². The Labute approximate surface area is 188 Å². The highest BCUT2D eigenvalue weighted by Crippen LogP contribution is 2.51. The van der Waals surface area contributed by atoms with Gasteiger partial charge in [-0.2, -0.15) is 0 Å². The van der Waals surface area contributed by atoms with Crippen LogP contribution in [0.2, 0.25) is 0 Å². The van der Waals surface area contributed by atoms with Crippen molar-refractivity contribution in [1.82, 2.24) is 4.57 Å². The number of fused-ring (bicyclic) bond motifs is 2. The van der Waals surface area contributed by atoms with Gasteiger partial charge in [-0.25, -0.2) is 0 Å². The molecule has 6 heteroatoms. The molecule has 3 aromatic rings. The molecule has 0 saturated heterocycles. The summed E-state index contributed by atoms with van der Waals surface area (Å²) in [7, 11) is 0. The summed E-state index contributed by atoms with van der Waals surface area (Å²) >= 11 is 0. The van der Waals surface area contributed by atoms with E-state index in [1.807, 2.05) is 24.3 Å². The second-order valence-corrected chi connectivity index (χ2v) is 9.76. The molecule has 6 nitrogen and oxygen atoms in total. The van der Waals surface area contributed by atoms with E-state index in [1.165, 1.54) is 5.69 Å². The lowest BCUT2D eigenvalue weighted by atomic mass is 9.92. The third-order valence-corrected chi connectivity index (χ3v) is 6.52. The maximum absolute atomic E-state index is 13.3. The number of ether oxygens (including phenoxy) is 2. The number of anilines is 1. The van der Waals surface area contributed by atoms with Gasteiger partial charge in [0.1, 0.15) is 0 Å². The number of hydrogen-bond donors (Lipinski definition) is 1. The Bertz CT molecular complexity index is 1220. The van der Waals surface area contributed by atoms with Crippen LogP contribution in [0.15, 0.2) is 47.5 Å². The first-order valence-electron chi connectivity index (χ1n) is 11.1. The van der Waals surface area contributed by atoms with Crippen molar-refractivity contribution < 1.29 is 14.3 Å². The largest absolute Gasteiger partial charge is 0.454 e. The van der Waals surface area contributed by atoms with Crippen LogP contribution in [0, 0.1) is 0 Å². The lowest BCUT2D eigenvalue weighted by Crippen LogP contribution is -2.27. The Morgan fingerprint density at radius 3 is 2.62 bits per heavy atom. The predicted octanol–water partition coefficient (Wildman–Crippen LogP) is 5.04. The van der Waals surface area contributed by atoms with E-state index in [0.717, 1.165) is 47.3 Å². The second-order valence-electron chi connectivity index (χ2n) is 9.76. The highest BCUT2D eigenvalue weighted by Gasteiger charge is 2.51. The minimum absolute atomic E-state index is 0.00102. The smallest absolute Gasteiger partial charge is 0.235 e. The summed E-state index contributed by atoms with van der Waals surface area (Å²) in [4.78, 5) is 17.3. The van der Waals surface area contributed by atoms with E-state index in [-0.39, 0.29) is 18.1 Å². The average Bonchev–Trinajstić information content (AvgIpc) is 3.29. The van der Waals surface area contributed by atoms with E-state index in [1.54, 1.807) is 0 Å². The van der Waals surface area contributed by atoms with E-state index in [0.29, 0.717) is 12.3 Å². The zero-order valence-electron chi connectivity index (χ0n) is 18.9. The molecule has 1 aliphatic carbocycles. The number of amides is 1. The summed E-state index contributed by atoms with van der Waals surface area (Å²) in [6.07, 6.45) is 1.67. The molecule has 0 bridgehead atoms. The Morgan fingerprint density at radius 2 is 1.91 bits per heavy atom.